The molecule has 3 aromatic rings. The van der Waals surface area contributed by atoms with Crippen LogP contribution in [0.3, 0.4) is 0 Å². The third-order valence-corrected chi connectivity index (χ3v) is 4.92. The summed E-state index contributed by atoms with van der Waals surface area (Å²) in [6.45, 7) is 2.05. The van der Waals surface area contributed by atoms with Gasteiger partial charge in [-0.3, -0.25) is 9.97 Å². The Balaban J connectivity index is 1.71. The summed E-state index contributed by atoms with van der Waals surface area (Å²) >= 11 is 0. The van der Waals surface area contributed by atoms with Gasteiger partial charge in [0.25, 0.3) is 0 Å². The van der Waals surface area contributed by atoms with E-state index in [2.05, 4.69) is 14.7 Å². The van der Waals surface area contributed by atoms with Crippen LogP contribution in [0.4, 0.5) is 0 Å². The van der Waals surface area contributed by atoms with E-state index >= 15 is 0 Å². The number of aryl methyl sites for hydroxylation is 1. The van der Waals surface area contributed by atoms with E-state index < -0.39 is 10.0 Å². The highest BCUT2D eigenvalue weighted by Gasteiger charge is 2.13. The molecule has 0 atom stereocenters. The second kappa shape index (κ2) is 6.90. The van der Waals surface area contributed by atoms with Gasteiger partial charge >= 0.3 is 0 Å². The van der Waals surface area contributed by atoms with E-state index in [-0.39, 0.29) is 11.4 Å². The summed E-state index contributed by atoms with van der Waals surface area (Å²) in [5, 5.41) is 0. The van der Waals surface area contributed by atoms with Crippen LogP contribution in [-0.4, -0.2) is 18.4 Å². The first-order valence-electron chi connectivity index (χ1n) is 7.47. The first kappa shape index (κ1) is 16.3. The van der Waals surface area contributed by atoms with Crippen LogP contribution in [0, 0.1) is 6.92 Å². The predicted molar refractivity (Wildman–Crippen MR) is 92.7 cm³/mol. The summed E-state index contributed by atoms with van der Waals surface area (Å²) < 4.78 is 27.2. The van der Waals surface area contributed by atoms with Crippen LogP contribution in [0.1, 0.15) is 11.1 Å². The highest BCUT2D eigenvalue weighted by molar-refractivity contribution is 7.89. The monoisotopic (exact) mass is 339 g/mol. The summed E-state index contributed by atoms with van der Waals surface area (Å²) in [6, 6.07) is 16.1. The van der Waals surface area contributed by atoms with Gasteiger partial charge in [0.05, 0.1) is 16.3 Å². The molecule has 1 aromatic carbocycles. The zero-order valence-corrected chi connectivity index (χ0v) is 14.0. The minimum Gasteiger partial charge on any atom is -0.255 e. The Labute approximate surface area is 141 Å². The van der Waals surface area contributed by atoms with Crippen molar-refractivity contribution in [2.24, 2.45) is 0 Å². The molecule has 0 spiro atoms. The van der Waals surface area contributed by atoms with Crippen LogP contribution in [-0.2, 0) is 16.6 Å². The van der Waals surface area contributed by atoms with Gasteiger partial charge in [0, 0.05) is 18.9 Å². The smallest absolute Gasteiger partial charge is 0.240 e. The van der Waals surface area contributed by atoms with E-state index in [0.29, 0.717) is 0 Å². The van der Waals surface area contributed by atoms with E-state index in [9.17, 15) is 8.42 Å². The molecule has 122 valence electrons. The third kappa shape index (κ3) is 3.84. The van der Waals surface area contributed by atoms with Crippen molar-refractivity contribution >= 4 is 10.0 Å². The summed E-state index contributed by atoms with van der Waals surface area (Å²) in [7, 11) is -3.53. The topological polar surface area (TPSA) is 72.0 Å². The number of rotatable bonds is 5. The second-order valence-corrected chi connectivity index (χ2v) is 7.17. The molecule has 0 radical (unpaired) electrons. The summed E-state index contributed by atoms with van der Waals surface area (Å²) in [5.74, 6) is 0. The maximum Gasteiger partial charge on any atom is 0.240 e. The van der Waals surface area contributed by atoms with Crippen LogP contribution in [0.5, 0.6) is 0 Å². The van der Waals surface area contributed by atoms with Crippen LogP contribution in [0.15, 0.2) is 71.9 Å². The van der Waals surface area contributed by atoms with E-state index in [1.165, 1.54) is 0 Å². The fraction of sp³-hybridized carbons (Fsp3) is 0.111. The number of benzene rings is 1. The van der Waals surface area contributed by atoms with Gasteiger partial charge in [0.15, 0.2) is 0 Å². The van der Waals surface area contributed by atoms with E-state index in [1.54, 1.807) is 30.6 Å². The normalized spacial score (nSPS) is 11.4. The predicted octanol–water partition coefficient (Wildman–Crippen LogP) is 2.93. The quantitative estimate of drug-likeness (QED) is 0.776. The van der Waals surface area contributed by atoms with Crippen molar-refractivity contribution in [3.05, 3.63) is 78.1 Å². The number of pyridine rings is 2. The Kier molecular flexibility index (Phi) is 4.69. The second-order valence-electron chi connectivity index (χ2n) is 5.41. The van der Waals surface area contributed by atoms with Crippen LogP contribution < -0.4 is 4.72 Å². The number of hydrogen-bond acceptors (Lipinski definition) is 4. The molecule has 6 heteroatoms. The van der Waals surface area contributed by atoms with Gasteiger partial charge in [-0.2, -0.15) is 0 Å². The molecule has 1 N–H and O–H groups in total. The number of aromatic nitrogens is 2. The Morgan fingerprint density at radius 3 is 2.46 bits per heavy atom. The lowest BCUT2D eigenvalue weighted by Gasteiger charge is -2.08. The number of sulfonamides is 1. The van der Waals surface area contributed by atoms with E-state index in [1.807, 2.05) is 43.3 Å². The molecule has 2 heterocycles. The van der Waals surface area contributed by atoms with Gasteiger partial charge in [0.1, 0.15) is 0 Å². The Bertz CT molecular complexity index is 924. The minimum atomic E-state index is -3.53. The first-order chi connectivity index (χ1) is 11.5. The largest absolute Gasteiger partial charge is 0.255 e. The zero-order valence-electron chi connectivity index (χ0n) is 13.2. The fourth-order valence-electron chi connectivity index (χ4n) is 2.24. The van der Waals surface area contributed by atoms with Gasteiger partial charge < -0.3 is 0 Å². The molecule has 3 rings (SSSR count). The van der Waals surface area contributed by atoms with Gasteiger partial charge in [0.2, 0.25) is 10.0 Å². The van der Waals surface area contributed by atoms with Crippen molar-refractivity contribution in [1.82, 2.24) is 14.7 Å². The molecule has 5 nitrogen and oxygen atoms in total. The Morgan fingerprint density at radius 2 is 1.79 bits per heavy atom. The Morgan fingerprint density at radius 1 is 0.958 bits per heavy atom. The molecule has 0 bridgehead atoms. The zero-order chi connectivity index (χ0) is 17.0. The summed E-state index contributed by atoms with van der Waals surface area (Å²) in [4.78, 5) is 8.84. The molecule has 0 amide bonds. The molecule has 24 heavy (non-hydrogen) atoms. The van der Waals surface area contributed by atoms with Crippen LogP contribution >= 0.6 is 0 Å². The highest BCUT2D eigenvalue weighted by atomic mass is 32.2. The van der Waals surface area contributed by atoms with Crippen molar-refractivity contribution in [3.63, 3.8) is 0 Å². The highest BCUT2D eigenvalue weighted by Crippen LogP contribution is 2.14. The molecular weight excluding hydrogens is 322 g/mol. The molecule has 0 aliphatic carbocycles. The molecule has 2 aromatic heterocycles. The SMILES string of the molecule is Cc1cccc(S(=O)(=O)NCc2ccc(-c3ccccn3)nc2)c1. The van der Waals surface area contributed by atoms with Crippen LogP contribution in [0.2, 0.25) is 0 Å². The molecule has 0 saturated carbocycles. The van der Waals surface area contributed by atoms with Crippen molar-refractivity contribution in [1.29, 1.82) is 0 Å². The Hall–Kier alpha value is -2.57. The van der Waals surface area contributed by atoms with Crippen LogP contribution in [0.25, 0.3) is 11.4 Å². The molecule has 0 aliphatic rings. The summed E-state index contributed by atoms with van der Waals surface area (Å²) in [5.41, 5.74) is 3.22. The van der Waals surface area contributed by atoms with Gasteiger partial charge in [-0.1, -0.05) is 24.3 Å². The molecule has 0 aliphatic heterocycles. The molecule has 0 unspecified atom stereocenters. The van der Waals surface area contributed by atoms with E-state index in [0.717, 1.165) is 22.5 Å². The lowest BCUT2D eigenvalue weighted by molar-refractivity contribution is 0.581. The molecule has 0 saturated heterocycles. The van der Waals surface area contributed by atoms with Crippen molar-refractivity contribution < 1.29 is 8.42 Å². The van der Waals surface area contributed by atoms with Gasteiger partial charge in [-0.25, -0.2) is 13.1 Å². The number of hydrogen-bond donors (Lipinski definition) is 1. The molecular formula is C18H17N3O2S. The van der Waals surface area contributed by atoms with Gasteiger partial charge in [-0.05, 0) is 48.4 Å². The maximum absolute atomic E-state index is 12.3. The fourth-order valence-corrected chi connectivity index (χ4v) is 3.36. The lowest BCUT2D eigenvalue weighted by atomic mass is 10.2. The lowest BCUT2D eigenvalue weighted by Crippen LogP contribution is -2.23. The van der Waals surface area contributed by atoms with E-state index in [4.69, 9.17) is 0 Å². The standard InChI is InChI=1S/C18H17N3O2S/c1-14-5-4-6-16(11-14)24(22,23)21-13-15-8-9-18(20-12-15)17-7-2-3-10-19-17/h2-12,21H,13H2,1H3. The first-order valence-corrected chi connectivity index (χ1v) is 8.95. The third-order valence-electron chi connectivity index (χ3n) is 3.52. The number of nitrogens with one attached hydrogen (secondary N) is 1. The summed E-state index contributed by atoms with van der Waals surface area (Å²) in [6.07, 6.45) is 3.36. The van der Waals surface area contributed by atoms with Crippen molar-refractivity contribution in [3.8, 4) is 11.4 Å². The van der Waals surface area contributed by atoms with Gasteiger partial charge in [-0.15, -0.1) is 0 Å². The average molecular weight is 339 g/mol. The number of nitrogens with zero attached hydrogens (tertiary/aromatic N) is 2. The molecule has 0 fully saturated rings. The van der Waals surface area contributed by atoms with Crippen molar-refractivity contribution in [2.75, 3.05) is 0 Å². The van der Waals surface area contributed by atoms with Crippen molar-refractivity contribution in [2.45, 2.75) is 18.4 Å². The minimum absolute atomic E-state index is 0.186. The maximum atomic E-state index is 12.3. The average Bonchev–Trinajstić information content (AvgIpc) is 2.61.